The lowest BCUT2D eigenvalue weighted by Crippen LogP contribution is -2.13. The minimum atomic E-state index is 0.517. The lowest BCUT2D eigenvalue weighted by molar-refractivity contribution is 0.415. The van der Waals surface area contributed by atoms with Crippen LogP contribution in [0.2, 0.25) is 0 Å². The van der Waals surface area contributed by atoms with Crippen LogP contribution in [0, 0.1) is 6.92 Å². The van der Waals surface area contributed by atoms with Gasteiger partial charge in [-0.25, -0.2) is 0 Å². The van der Waals surface area contributed by atoms with E-state index in [-0.39, 0.29) is 0 Å². The Labute approximate surface area is 102 Å². The zero-order valence-electron chi connectivity index (χ0n) is 9.75. The van der Waals surface area contributed by atoms with Gasteiger partial charge in [0.2, 0.25) is 0 Å². The van der Waals surface area contributed by atoms with Gasteiger partial charge >= 0.3 is 0 Å². The Morgan fingerprint density at radius 1 is 1.50 bits per heavy atom. The van der Waals surface area contributed by atoms with E-state index in [0.29, 0.717) is 11.1 Å². The number of ether oxygens (including phenoxy) is 1. The average Bonchev–Trinajstić information content (AvgIpc) is 2.81. The smallest absolute Gasteiger partial charge is 0.191 e. The molecule has 1 aliphatic rings. The molecule has 16 heavy (non-hydrogen) atoms. The van der Waals surface area contributed by atoms with Gasteiger partial charge in [0.15, 0.2) is 5.05 Å². The number of methoxy groups -OCH3 is 1. The Hall–Kier alpha value is -0.930. The van der Waals surface area contributed by atoms with Crippen LogP contribution in [0.1, 0.15) is 35.6 Å². The molecule has 1 saturated heterocycles. The monoisotopic (exact) mass is 235 g/mol. The van der Waals surface area contributed by atoms with Gasteiger partial charge < -0.3 is 10.1 Å². The molecular weight excluding hydrogens is 218 g/mol. The van der Waals surface area contributed by atoms with Gasteiger partial charge in [0.05, 0.1) is 7.11 Å². The van der Waals surface area contributed by atoms with E-state index in [1.165, 1.54) is 24.0 Å². The van der Waals surface area contributed by atoms with Gasteiger partial charge in [-0.3, -0.25) is 0 Å². The molecule has 0 amide bonds. The van der Waals surface area contributed by atoms with E-state index in [2.05, 4.69) is 30.4 Å². The predicted molar refractivity (Wildman–Crippen MR) is 69.9 cm³/mol. The highest BCUT2D eigenvalue weighted by Crippen LogP contribution is 2.25. The summed E-state index contributed by atoms with van der Waals surface area (Å²) >= 11 is 5.15. The van der Waals surface area contributed by atoms with E-state index in [1.54, 1.807) is 7.11 Å². The summed E-state index contributed by atoms with van der Waals surface area (Å²) in [5.74, 6) is 0. The van der Waals surface area contributed by atoms with Crippen LogP contribution in [-0.4, -0.2) is 18.7 Å². The van der Waals surface area contributed by atoms with Crippen LogP contribution in [0.15, 0.2) is 18.2 Å². The van der Waals surface area contributed by atoms with E-state index in [0.717, 1.165) is 12.1 Å². The molecule has 1 fully saturated rings. The molecule has 1 aromatic rings. The highest BCUT2D eigenvalue weighted by Gasteiger charge is 2.17. The zero-order chi connectivity index (χ0) is 11.5. The van der Waals surface area contributed by atoms with Crippen molar-refractivity contribution in [2.75, 3.05) is 13.7 Å². The van der Waals surface area contributed by atoms with E-state index >= 15 is 0 Å². The molecular formula is C13H17NOS. The van der Waals surface area contributed by atoms with Crippen LogP contribution in [0.25, 0.3) is 0 Å². The first-order valence-corrected chi connectivity index (χ1v) is 6.05. The maximum absolute atomic E-state index is 5.15. The van der Waals surface area contributed by atoms with Crippen molar-refractivity contribution in [1.82, 2.24) is 5.32 Å². The molecule has 0 saturated carbocycles. The normalized spacial score (nSPS) is 19.8. The fraction of sp³-hybridized carbons (Fsp3) is 0.462. The minimum Gasteiger partial charge on any atom is -0.486 e. The standard InChI is InChI=1S/C13H17NOS/c1-9-8-10(12-4-3-7-14-12)5-6-11(9)13(16)15-2/h5-6,8,12,14H,3-4,7H2,1-2H3. The third kappa shape index (κ3) is 2.25. The topological polar surface area (TPSA) is 21.3 Å². The molecule has 86 valence electrons. The number of benzene rings is 1. The van der Waals surface area contributed by atoms with Crippen molar-refractivity contribution in [3.8, 4) is 0 Å². The van der Waals surface area contributed by atoms with Crippen molar-refractivity contribution in [2.45, 2.75) is 25.8 Å². The first-order chi connectivity index (χ1) is 7.72. The van der Waals surface area contributed by atoms with Crippen molar-refractivity contribution >= 4 is 17.3 Å². The molecule has 1 heterocycles. The number of hydrogen-bond acceptors (Lipinski definition) is 3. The van der Waals surface area contributed by atoms with Crippen LogP contribution in [0.3, 0.4) is 0 Å². The molecule has 0 bridgehead atoms. The molecule has 0 spiro atoms. The molecule has 1 aromatic carbocycles. The molecule has 3 heteroatoms. The largest absolute Gasteiger partial charge is 0.486 e. The van der Waals surface area contributed by atoms with Crippen molar-refractivity contribution in [2.24, 2.45) is 0 Å². The van der Waals surface area contributed by atoms with Gasteiger partial charge in [-0.05, 0) is 55.7 Å². The minimum absolute atomic E-state index is 0.517. The predicted octanol–water partition coefficient (Wildman–Crippen LogP) is 2.74. The quantitative estimate of drug-likeness (QED) is 0.796. The number of thiocarbonyl (C=S) groups is 1. The lowest BCUT2D eigenvalue weighted by atomic mass is 10.00. The molecule has 0 aromatic heterocycles. The fourth-order valence-corrected chi connectivity index (χ4v) is 2.44. The molecule has 1 atom stereocenters. The molecule has 1 unspecified atom stereocenters. The summed E-state index contributed by atoms with van der Waals surface area (Å²) in [5, 5.41) is 4.07. The lowest BCUT2D eigenvalue weighted by Gasteiger charge is -2.13. The molecule has 2 nitrogen and oxygen atoms in total. The van der Waals surface area contributed by atoms with Gasteiger partial charge in [0.1, 0.15) is 0 Å². The van der Waals surface area contributed by atoms with Crippen LogP contribution in [0.4, 0.5) is 0 Å². The van der Waals surface area contributed by atoms with Gasteiger partial charge in [0, 0.05) is 11.6 Å². The second kappa shape index (κ2) is 4.93. The third-order valence-corrected chi connectivity index (χ3v) is 3.51. The van der Waals surface area contributed by atoms with Crippen LogP contribution in [0.5, 0.6) is 0 Å². The number of nitrogens with one attached hydrogen (secondary N) is 1. The Balaban J connectivity index is 2.25. The molecule has 0 radical (unpaired) electrons. The fourth-order valence-electron chi connectivity index (χ4n) is 2.21. The number of hydrogen-bond donors (Lipinski definition) is 1. The summed E-state index contributed by atoms with van der Waals surface area (Å²) in [4.78, 5) is 0. The van der Waals surface area contributed by atoms with Crippen molar-refractivity contribution in [1.29, 1.82) is 0 Å². The van der Waals surface area contributed by atoms with E-state index < -0.39 is 0 Å². The number of aryl methyl sites for hydroxylation is 1. The van der Waals surface area contributed by atoms with Gasteiger partial charge in [-0.15, -0.1) is 0 Å². The van der Waals surface area contributed by atoms with E-state index in [9.17, 15) is 0 Å². The second-order valence-electron chi connectivity index (χ2n) is 4.21. The van der Waals surface area contributed by atoms with Crippen LogP contribution in [-0.2, 0) is 4.74 Å². The Kier molecular flexibility index (Phi) is 3.56. The summed E-state index contributed by atoms with van der Waals surface area (Å²) in [5.41, 5.74) is 3.58. The highest BCUT2D eigenvalue weighted by atomic mass is 32.1. The molecule has 2 rings (SSSR count). The van der Waals surface area contributed by atoms with Gasteiger partial charge in [-0.1, -0.05) is 12.1 Å². The van der Waals surface area contributed by atoms with E-state index in [1.807, 2.05) is 0 Å². The summed E-state index contributed by atoms with van der Waals surface area (Å²) in [7, 11) is 1.62. The Bertz CT molecular complexity index is 397. The van der Waals surface area contributed by atoms with Crippen LogP contribution >= 0.6 is 12.2 Å². The maximum Gasteiger partial charge on any atom is 0.191 e. The number of rotatable bonds is 2. The second-order valence-corrected chi connectivity index (χ2v) is 4.59. The summed E-state index contributed by atoms with van der Waals surface area (Å²) in [6.45, 7) is 3.21. The van der Waals surface area contributed by atoms with Crippen LogP contribution < -0.4 is 5.32 Å². The van der Waals surface area contributed by atoms with Crippen molar-refractivity contribution < 1.29 is 4.74 Å². The highest BCUT2D eigenvalue weighted by molar-refractivity contribution is 7.80. The Morgan fingerprint density at radius 3 is 2.88 bits per heavy atom. The summed E-state index contributed by atoms with van der Waals surface area (Å²) in [6, 6.07) is 6.94. The third-order valence-electron chi connectivity index (χ3n) is 3.12. The first-order valence-electron chi connectivity index (χ1n) is 5.64. The van der Waals surface area contributed by atoms with Gasteiger partial charge in [0.25, 0.3) is 0 Å². The molecule has 1 aliphatic heterocycles. The van der Waals surface area contributed by atoms with Crippen molar-refractivity contribution in [3.63, 3.8) is 0 Å². The van der Waals surface area contributed by atoms with E-state index in [4.69, 9.17) is 17.0 Å². The SMILES string of the molecule is COC(=S)c1ccc(C2CCCN2)cc1C. The molecule has 0 aliphatic carbocycles. The summed E-state index contributed by atoms with van der Waals surface area (Å²) in [6.07, 6.45) is 2.50. The first kappa shape index (κ1) is 11.6. The Morgan fingerprint density at radius 2 is 2.31 bits per heavy atom. The van der Waals surface area contributed by atoms with Gasteiger partial charge in [-0.2, -0.15) is 0 Å². The zero-order valence-corrected chi connectivity index (χ0v) is 10.6. The maximum atomic E-state index is 5.15. The summed E-state index contributed by atoms with van der Waals surface area (Å²) < 4.78 is 5.10. The van der Waals surface area contributed by atoms with Crippen molar-refractivity contribution in [3.05, 3.63) is 34.9 Å². The average molecular weight is 235 g/mol. The molecule has 1 N–H and O–H groups in total.